The summed E-state index contributed by atoms with van der Waals surface area (Å²) in [5, 5.41) is 7.84. The number of hydrogen-bond donors (Lipinski definition) is 2. The number of benzene rings is 3. The molecular formula is C23H21BrN2. The number of fused-ring (bicyclic) bond motifs is 4. The molecule has 0 amide bonds. The number of nitrogens with one attached hydrogen (secondary N) is 2. The summed E-state index contributed by atoms with van der Waals surface area (Å²) in [5.41, 5.74) is 5.48. The Morgan fingerprint density at radius 2 is 1.88 bits per heavy atom. The molecule has 0 aliphatic heterocycles. The third kappa shape index (κ3) is 2.76. The third-order valence-electron chi connectivity index (χ3n) is 5.59. The Kier molecular flexibility index (Phi) is 4.07. The molecule has 0 fully saturated rings. The molecule has 3 heteroatoms. The summed E-state index contributed by atoms with van der Waals surface area (Å²) in [4.78, 5) is 3.68. The lowest BCUT2D eigenvalue weighted by Gasteiger charge is -2.24. The highest BCUT2D eigenvalue weighted by atomic mass is 79.9. The van der Waals surface area contributed by atoms with Gasteiger partial charge in [-0.25, -0.2) is 0 Å². The maximum atomic E-state index is 3.82. The van der Waals surface area contributed by atoms with Gasteiger partial charge in [-0.2, -0.15) is 0 Å². The molecule has 1 unspecified atom stereocenters. The van der Waals surface area contributed by atoms with Gasteiger partial charge in [0.25, 0.3) is 0 Å². The Morgan fingerprint density at radius 1 is 1.00 bits per heavy atom. The highest BCUT2D eigenvalue weighted by Gasteiger charge is 2.24. The average Bonchev–Trinajstić information content (AvgIpc) is 3.05. The fraction of sp³-hybridized carbons (Fsp3) is 0.217. The molecule has 0 spiro atoms. The molecule has 1 heterocycles. The first-order chi connectivity index (χ1) is 12.8. The lowest BCUT2D eigenvalue weighted by molar-refractivity contribution is 0.453. The van der Waals surface area contributed by atoms with Gasteiger partial charge in [0.2, 0.25) is 0 Å². The summed E-state index contributed by atoms with van der Waals surface area (Å²) < 4.78 is 1.15. The Balaban J connectivity index is 1.46. The van der Waals surface area contributed by atoms with Crippen LogP contribution >= 0.6 is 15.9 Å². The molecule has 26 heavy (non-hydrogen) atoms. The standard InChI is InChI=1S/C23H21BrN2/c24-17-11-12-21-20(13-17)19-9-4-10-22(23(19)26-21)25-14-16-7-3-6-15-5-1-2-8-18(15)16/h1-3,5-8,11-13,22,25-26H,4,9-10,14H2. The summed E-state index contributed by atoms with van der Waals surface area (Å²) in [6.07, 6.45) is 3.59. The second-order valence-electron chi connectivity index (χ2n) is 7.17. The number of aryl methyl sites for hydroxylation is 1. The van der Waals surface area contributed by atoms with Gasteiger partial charge in [-0.1, -0.05) is 58.4 Å². The van der Waals surface area contributed by atoms with Crippen molar-refractivity contribution in [3.8, 4) is 0 Å². The minimum absolute atomic E-state index is 0.392. The summed E-state index contributed by atoms with van der Waals surface area (Å²) in [6, 6.07) is 22.2. The Hall–Kier alpha value is -2.10. The number of rotatable bonds is 3. The second-order valence-corrected chi connectivity index (χ2v) is 8.09. The molecule has 0 bridgehead atoms. The van der Waals surface area contributed by atoms with Crippen molar-refractivity contribution in [1.29, 1.82) is 0 Å². The van der Waals surface area contributed by atoms with Crippen LogP contribution in [0.3, 0.4) is 0 Å². The van der Waals surface area contributed by atoms with Gasteiger partial charge in [0.1, 0.15) is 0 Å². The van der Waals surface area contributed by atoms with Crippen molar-refractivity contribution < 1.29 is 0 Å². The number of halogens is 1. The molecule has 2 nitrogen and oxygen atoms in total. The van der Waals surface area contributed by atoms with E-state index in [9.17, 15) is 0 Å². The van der Waals surface area contributed by atoms with Gasteiger partial charge < -0.3 is 10.3 Å². The topological polar surface area (TPSA) is 27.8 Å². The molecule has 1 aliphatic rings. The molecule has 0 saturated heterocycles. The molecule has 4 aromatic rings. The molecule has 2 N–H and O–H groups in total. The highest BCUT2D eigenvalue weighted by molar-refractivity contribution is 9.10. The Morgan fingerprint density at radius 3 is 2.85 bits per heavy atom. The SMILES string of the molecule is Brc1ccc2[nH]c3c(c2c1)CCCC3NCc1cccc2ccccc12. The smallest absolute Gasteiger partial charge is 0.0478 e. The van der Waals surface area contributed by atoms with Crippen molar-refractivity contribution >= 4 is 37.6 Å². The van der Waals surface area contributed by atoms with Crippen LogP contribution in [0.25, 0.3) is 21.7 Å². The number of aromatic nitrogens is 1. The highest BCUT2D eigenvalue weighted by Crippen LogP contribution is 2.36. The number of H-pyrrole nitrogens is 1. The second kappa shape index (κ2) is 6.57. The molecule has 1 atom stereocenters. The first-order valence-electron chi connectivity index (χ1n) is 9.29. The van der Waals surface area contributed by atoms with E-state index in [4.69, 9.17) is 0 Å². The van der Waals surface area contributed by atoms with E-state index in [0.717, 1.165) is 17.4 Å². The Labute approximate surface area is 161 Å². The van der Waals surface area contributed by atoms with Crippen molar-refractivity contribution in [3.05, 3.63) is 82.0 Å². The zero-order chi connectivity index (χ0) is 17.5. The number of aromatic amines is 1. The van der Waals surface area contributed by atoms with E-state index in [-0.39, 0.29) is 0 Å². The zero-order valence-corrected chi connectivity index (χ0v) is 16.1. The Bertz CT molecular complexity index is 1090. The van der Waals surface area contributed by atoms with Gasteiger partial charge in [0.15, 0.2) is 0 Å². The summed E-state index contributed by atoms with van der Waals surface area (Å²) in [5.74, 6) is 0. The molecule has 130 valence electrons. The van der Waals surface area contributed by atoms with Crippen LogP contribution in [-0.2, 0) is 13.0 Å². The van der Waals surface area contributed by atoms with Crippen molar-refractivity contribution in [2.75, 3.05) is 0 Å². The molecule has 1 aromatic heterocycles. The van der Waals surface area contributed by atoms with Gasteiger partial charge in [-0.05, 0) is 59.4 Å². The van der Waals surface area contributed by atoms with E-state index in [1.165, 1.54) is 51.3 Å². The van der Waals surface area contributed by atoms with E-state index in [2.05, 4.69) is 86.9 Å². The first-order valence-corrected chi connectivity index (χ1v) is 10.1. The van der Waals surface area contributed by atoms with Crippen molar-refractivity contribution in [2.24, 2.45) is 0 Å². The van der Waals surface area contributed by atoms with Crippen molar-refractivity contribution in [2.45, 2.75) is 31.8 Å². The van der Waals surface area contributed by atoms with E-state index < -0.39 is 0 Å². The van der Waals surface area contributed by atoms with E-state index in [1.807, 2.05) is 0 Å². The van der Waals surface area contributed by atoms with Crippen LogP contribution < -0.4 is 5.32 Å². The van der Waals surface area contributed by atoms with Gasteiger partial charge in [0.05, 0.1) is 0 Å². The van der Waals surface area contributed by atoms with Crippen LogP contribution in [0.15, 0.2) is 65.1 Å². The average molecular weight is 405 g/mol. The lowest BCUT2D eigenvalue weighted by atomic mass is 9.91. The summed E-state index contributed by atoms with van der Waals surface area (Å²) >= 11 is 3.61. The zero-order valence-electron chi connectivity index (χ0n) is 14.6. The van der Waals surface area contributed by atoms with Crippen LogP contribution in [0, 0.1) is 0 Å². The van der Waals surface area contributed by atoms with E-state index >= 15 is 0 Å². The molecular weight excluding hydrogens is 384 g/mol. The largest absolute Gasteiger partial charge is 0.357 e. The van der Waals surface area contributed by atoms with Crippen LogP contribution in [0.5, 0.6) is 0 Å². The van der Waals surface area contributed by atoms with Crippen molar-refractivity contribution in [1.82, 2.24) is 10.3 Å². The first kappa shape index (κ1) is 16.1. The monoisotopic (exact) mass is 404 g/mol. The fourth-order valence-corrected chi connectivity index (χ4v) is 4.68. The van der Waals surface area contributed by atoms with Crippen LogP contribution in [-0.4, -0.2) is 4.98 Å². The molecule has 1 aliphatic carbocycles. The van der Waals surface area contributed by atoms with E-state index in [1.54, 1.807) is 0 Å². The minimum Gasteiger partial charge on any atom is -0.357 e. The van der Waals surface area contributed by atoms with Crippen LogP contribution in [0.1, 0.15) is 35.7 Å². The summed E-state index contributed by atoms with van der Waals surface area (Å²) in [6.45, 7) is 0.893. The fourth-order valence-electron chi connectivity index (χ4n) is 4.32. The van der Waals surface area contributed by atoms with Gasteiger partial charge in [-0.3, -0.25) is 0 Å². The number of hydrogen-bond acceptors (Lipinski definition) is 1. The normalized spacial score (nSPS) is 16.9. The molecule has 5 rings (SSSR count). The third-order valence-corrected chi connectivity index (χ3v) is 6.08. The van der Waals surface area contributed by atoms with Gasteiger partial charge in [0, 0.05) is 33.7 Å². The van der Waals surface area contributed by atoms with E-state index in [0.29, 0.717) is 6.04 Å². The van der Waals surface area contributed by atoms with Crippen LogP contribution in [0.2, 0.25) is 0 Å². The summed E-state index contributed by atoms with van der Waals surface area (Å²) in [7, 11) is 0. The lowest BCUT2D eigenvalue weighted by Crippen LogP contribution is -2.25. The predicted octanol–water partition coefficient (Wildman–Crippen LogP) is 6.25. The molecule has 0 radical (unpaired) electrons. The van der Waals surface area contributed by atoms with Gasteiger partial charge >= 0.3 is 0 Å². The van der Waals surface area contributed by atoms with Gasteiger partial charge in [-0.15, -0.1) is 0 Å². The van der Waals surface area contributed by atoms with Crippen molar-refractivity contribution in [3.63, 3.8) is 0 Å². The molecule has 3 aromatic carbocycles. The maximum Gasteiger partial charge on any atom is 0.0478 e. The molecule has 0 saturated carbocycles. The minimum atomic E-state index is 0.392. The van der Waals surface area contributed by atoms with Crippen LogP contribution in [0.4, 0.5) is 0 Å². The maximum absolute atomic E-state index is 3.82. The quantitative estimate of drug-likeness (QED) is 0.414. The predicted molar refractivity (Wildman–Crippen MR) is 112 cm³/mol.